The first-order chi connectivity index (χ1) is 9.13. The van der Waals surface area contributed by atoms with E-state index >= 15 is 0 Å². The molecule has 2 aliphatic carbocycles. The highest BCUT2D eigenvalue weighted by Crippen LogP contribution is 2.51. The fourth-order valence-corrected chi connectivity index (χ4v) is 5.74. The van der Waals surface area contributed by atoms with Gasteiger partial charge in [-0.1, -0.05) is 20.8 Å². The predicted molar refractivity (Wildman–Crippen MR) is 82.7 cm³/mol. The Labute approximate surface area is 122 Å². The first-order valence-electron chi connectivity index (χ1n) is 8.12. The molecule has 2 saturated carbocycles. The van der Waals surface area contributed by atoms with Crippen LogP contribution in [-0.4, -0.2) is 35.8 Å². The summed E-state index contributed by atoms with van der Waals surface area (Å²) in [6.45, 7) is 8.05. The van der Waals surface area contributed by atoms with Gasteiger partial charge in [-0.2, -0.15) is 11.8 Å². The van der Waals surface area contributed by atoms with Crippen LogP contribution in [0.25, 0.3) is 0 Å². The van der Waals surface area contributed by atoms with Crippen LogP contribution in [0.15, 0.2) is 0 Å². The molecule has 5 unspecified atom stereocenters. The van der Waals surface area contributed by atoms with Gasteiger partial charge < -0.3 is 10.1 Å². The third-order valence-electron chi connectivity index (χ3n) is 5.53. The highest BCUT2D eigenvalue weighted by Gasteiger charge is 2.58. The first kappa shape index (κ1) is 14.2. The minimum atomic E-state index is 0.334. The molecule has 0 aromatic carbocycles. The summed E-state index contributed by atoms with van der Waals surface area (Å²) < 4.78 is 6.00. The summed E-state index contributed by atoms with van der Waals surface area (Å²) >= 11 is 2.15. The molecule has 0 spiro atoms. The Morgan fingerprint density at radius 1 is 1.26 bits per heavy atom. The summed E-state index contributed by atoms with van der Waals surface area (Å²) in [5.41, 5.74) is 0.334. The average Bonchev–Trinajstić information content (AvgIpc) is 2.84. The largest absolute Gasteiger partial charge is 0.377 e. The van der Waals surface area contributed by atoms with E-state index in [0.717, 1.165) is 23.8 Å². The lowest BCUT2D eigenvalue weighted by atomic mass is 9.55. The van der Waals surface area contributed by atoms with Gasteiger partial charge in [-0.15, -0.1) is 0 Å². The second kappa shape index (κ2) is 5.57. The van der Waals surface area contributed by atoms with E-state index in [0.29, 0.717) is 17.6 Å². The van der Waals surface area contributed by atoms with E-state index in [1.54, 1.807) is 0 Å². The molecule has 1 N–H and O–H groups in total. The Morgan fingerprint density at radius 2 is 2.11 bits per heavy atom. The normalized spacial score (nSPS) is 44.7. The van der Waals surface area contributed by atoms with Crippen molar-refractivity contribution in [2.45, 2.75) is 76.3 Å². The molecule has 0 radical (unpaired) electrons. The molecule has 3 fully saturated rings. The van der Waals surface area contributed by atoms with Crippen molar-refractivity contribution >= 4 is 11.8 Å². The Hall–Kier alpha value is 0.270. The van der Waals surface area contributed by atoms with Crippen LogP contribution in [0, 0.1) is 11.3 Å². The fourth-order valence-electron chi connectivity index (χ4n) is 4.59. The Morgan fingerprint density at radius 3 is 2.89 bits per heavy atom. The van der Waals surface area contributed by atoms with Crippen LogP contribution in [0.5, 0.6) is 0 Å². The van der Waals surface area contributed by atoms with Crippen LogP contribution in [0.2, 0.25) is 0 Å². The maximum Gasteiger partial charge on any atom is 0.0684 e. The van der Waals surface area contributed by atoms with Gasteiger partial charge >= 0.3 is 0 Å². The second-order valence-electron chi connectivity index (χ2n) is 7.15. The number of ether oxygens (including phenoxy) is 1. The second-order valence-corrected chi connectivity index (χ2v) is 8.73. The average molecular weight is 283 g/mol. The van der Waals surface area contributed by atoms with Crippen molar-refractivity contribution in [1.82, 2.24) is 5.32 Å². The topological polar surface area (TPSA) is 21.3 Å². The van der Waals surface area contributed by atoms with Gasteiger partial charge in [-0.25, -0.2) is 0 Å². The summed E-state index contributed by atoms with van der Waals surface area (Å²) in [5, 5.41) is 4.91. The van der Waals surface area contributed by atoms with E-state index in [9.17, 15) is 0 Å². The lowest BCUT2D eigenvalue weighted by molar-refractivity contribution is -0.194. The molecule has 3 aliphatic rings. The summed E-state index contributed by atoms with van der Waals surface area (Å²) in [4.78, 5) is 0. The SMILES string of the molecule is CCSC1CCC(NC2C3CCCOC3C2(C)C)C1. The van der Waals surface area contributed by atoms with Gasteiger partial charge in [0.05, 0.1) is 6.10 Å². The van der Waals surface area contributed by atoms with Gasteiger partial charge in [-0.3, -0.25) is 0 Å². The highest BCUT2D eigenvalue weighted by molar-refractivity contribution is 7.99. The molecule has 1 saturated heterocycles. The molecule has 110 valence electrons. The van der Waals surface area contributed by atoms with E-state index < -0.39 is 0 Å². The molecule has 2 nitrogen and oxygen atoms in total. The Kier molecular flexibility index (Phi) is 4.17. The lowest BCUT2D eigenvalue weighted by Gasteiger charge is -2.60. The van der Waals surface area contributed by atoms with Crippen LogP contribution in [0.1, 0.15) is 52.9 Å². The number of thioether (sulfide) groups is 1. The third-order valence-corrected chi connectivity index (χ3v) is 6.77. The molecule has 0 bridgehead atoms. The summed E-state index contributed by atoms with van der Waals surface area (Å²) in [7, 11) is 0. The smallest absolute Gasteiger partial charge is 0.0684 e. The molecule has 5 atom stereocenters. The van der Waals surface area contributed by atoms with E-state index in [-0.39, 0.29) is 0 Å². The fraction of sp³-hybridized carbons (Fsp3) is 1.00. The monoisotopic (exact) mass is 283 g/mol. The van der Waals surface area contributed by atoms with Gasteiger partial charge in [0.1, 0.15) is 0 Å². The third kappa shape index (κ3) is 2.58. The standard InChI is InChI=1S/C16H29NOS/c1-4-19-12-8-7-11(10-12)17-14-13-6-5-9-18-15(13)16(14,2)3/h11-15,17H,4-10H2,1-3H3. The molecule has 0 aromatic heterocycles. The number of fused-ring (bicyclic) bond motifs is 1. The number of nitrogens with one attached hydrogen (secondary N) is 1. The minimum Gasteiger partial charge on any atom is -0.377 e. The predicted octanol–water partition coefficient (Wildman–Crippen LogP) is 3.45. The van der Waals surface area contributed by atoms with E-state index in [4.69, 9.17) is 4.74 Å². The van der Waals surface area contributed by atoms with E-state index in [1.807, 2.05) is 0 Å². The molecule has 3 rings (SSSR count). The molecule has 1 heterocycles. The van der Waals surface area contributed by atoms with Gasteiger partial charge in [0, 0.05) is 35.3 Å². The lowest BCUT2D eigenvalue weighted by Crippen LogP contribution is -2.70. The molecule has 0 amide bonds. The number of hydrogen-bond donors (Lipinski definition) is 1. The quantitative estimate of drug-likeness (QED) is 0.854. The first-order valence-corrected chi connectivity index (χ1v) is 9.17. The Balaban J connectivity index is 1.55. The van der Waals surface area contributed by atoms with Crippen LogP contribution in [0.4, 0.5) is 0 Å². The van der Waals surface area contributed by atoms with Crippen molar-refractivity contribution < 1.29 is 4.74 Å². The van der Waals surface area contributed by atoms with E-state index in [1.165, 1.54) is 37.9 Å². The van der Waals surface area contributed by atoms with Crippen molar-refractivity contribution in [2.24, 2.45) is 11.3 Å². The van der Waals surface area contributed by atoms with Crippen molar-refractivity contribution in [1.29, 1.82) is 0 Å². The van der Waals surface area contributed by atoms with Crippen LogP contribution >= 0.6 is 11.8 Å². The van der Waals surface area contributed by atoms with Crippen molar-refractivity contribution in [3.8, 4) is 0 Å². The molecule has 19 heavy (non-hydrogen) atoms. The van der Waals surface area contributed by atoms with Crippen molar-refractivity contribution in [3.63, 3.8) is 0 Å². The van der Waals surface area contributed by atoms with Gasteiger partial charge in [0.15, 0.2) is 0 Å². The van der Waals surface area contributed by atoms with Gasteiger partial charge in [-0.05, 0) is 37.9 Å². The maximum absolute atomic E-state index is 6.00. The Bertz CT molecular complexity index is 320. The summed E-state index contributed by atoms with van der Waals surface area (Å²) in [6.07, 6.45) is 7.31. The number of rotatable bonds is 4. The van der Waals surface area contributed by atoms with Crippen molar-refractivity contribution in [2.75, 3.05) is 12.4 Å². The maximum atomic E-state index is 6.00. The summed E-state index contributed by atoms with van der Waals surface area (Å²) in [5.74, 6) is 2.05. The molecular formula is C16H29NOS. The zero-order valence-corrected chi connectivity index (χ0v) is 13.5. The minimum absolute atomic E-state index is 0.334. The highest BCUT2D eigenvalue weighted by atomic mass is 32.2. The number of hydrogen-bond acceptors (Lipinski definition) is 3. The van der Waals surface area contributed by atoms with Gasteiger partial charge in [0.2, 0.25) is 0 Å². The zero-order chi connectivity index (χ0) is 13.5. The summed E-state index contributed by atoms with van der Waals surface area (Å²) in [6, 6.07) is 1.45. The van der Waals surface area contributed by atoms with Gasteiger partial charge in [0.25, 0.3) is 0 Å². The molecule has 1 aliphatic heterocycles. The van der Waals surface area contributed by atoms with Crippen molar-refractivity contribution in [3.05, 3.63) is 0 Å². The molecule has 3 heteroatoms. The van der Waals surface area contributed by atoms with Crippen LogP contribution < -0.4 is 5.32 Å². The molecular weight excluding hydrogens is 254 g/mol. The van der Waals surface area contributed by atoms with Crippen LogP contribution in [-0.2, 0) is 4.74 Å². The zero-order valence-electron chi connectivity index (χ0n) is 12.7. The van der Waals surface area contributed by atoms with E-state index in [2.05, 4.69) is 37.8 Å². The molecule has 0 aromatic rings. The van der Waals surface area contributed by atoms with Crippen LogP contribution in [0.3, 0.4) is 0 Å².